The number of ether oxygens (including phenoxy) is 1. The van der Waals surface area contributed by atoms with Gasteiger partial charge in [-0.15, -0.1) is 6.58 Å². The normalized spacial score (nSPS) is 13.8. The monoisotopic (exact) mass is 499 g/mol. The molecule has 0 saturated heterocycles. The van der Waals surface area contributed by atoms with Gasteiger partial charge >= 0.3 is 6.09 Å². The summed E-state index contributed by atoms with van der Waals surface area (Å²) >= 11 is 0. The van der Waals surface area contributed by atoms with Crippen LogP contribution in [0.25, 0.3) is 33.4 Å². The third-order valence-corrected chi connectivity index (χ3v) is 6.21. The molecule has 1 amide bonds. The van der Waals surface area contributed by atoms with Crippen LogP contribution in [-0.2, 0) is 4.74 Å². The van der Waals surface area contributed by atoms with Gasteiger partial charge in [0.2, 0.25) is 0 Å². The number of nitrogens with one attached hydrogen (secondary N) is 3. The summed E-state index contributed by atoms with van der Waals surface area (Å²) < 4.78 is 5.49. The Balaban J connectivity index is 1.58. The molecule has 4 rings (SSSR count). The lowest BCUT2D eigenvalue weighted by Gasteiger charge is -2.31. The van der Waals surface area contributed by atoms with E-state index in [-0.39, 0.29) is 17.4 Å². The Labute approximate surface area is 218 Å². The number of nitrogens with zero attached hydrogens (tertiary/aromatic N) is 2. The third kappa shape index (κ3) is 6.10. The van der Waals surface area contributed by atoms with Crippen molar-refractivity contribution < 1.29 is 9.53 Å². The number of H-pyrrole nitrogens is 2. The van der Waals surface area contributed by atoms with E-state index in [1.807, 2.05) is 39.1 Å². The van der Waals surface area contributed by atoms with Crippen LogP contribution in [0.1, 0.15) is 72.1 Å². The molecule has 0 saturated carbocycles. The van der Waals surface area contributed by atoms with Gasteiger partial charge in [0.25, 0.3) is 0 Å². The number of hydrogen-bond acceptors (Lipinski definition) is 4. The van der Waals surface area contributed by atoms with E-state index in [0.29, 0.717) is 5.82 Å². The molecule has 0 radical (unpaired) electrons. The van der Waals surface area contributed by atoms with Gasteiger partial charge in [-0.2, -0.15) is 0 Å². The number of rotatable bonds is 6. The summed E-state index contributed by atoms with van der Waals surface area (Å²) in [5.74, 6) is 1.78. The first-order valence-corrected chi connectivity index (χ1v) is 12.6. The van der Waals surface area contributed by atoms with Crippen molar-refractivity contribution in [1.82, 2.24) is 25.3 Å². The van der Waals surface area contributed by atoms with E-state index in [2.05, 4.69) is 90.9 Å². The van der Waals surface area contributed by atoms with E-state index in [0.717, 1.165) is 39.2 Å². The van der Waals surface area contributed by atoms with E-state index in [1.165, 1.54) is 0 Å². The Morgan fingerprint density at radius 3 is 2.24 bits per heavy atom. The maximum absolute atomic E-state index is 12.5. The average molecular weight is 500 g/mol. The summed E-state index contributed by atoms with van der Waals surface area (Å²) in [4.78, 5) is 28.6. The molecule has 0 aliphatic heterocycles. The van der Waals surface area contributed by atoms with Crippen LogP contribution in [0, 0.1) is 5.41 Å². The summed E-state index contributed by atoms with van der Waals surface area (Å²) in [6.07, 6.45) is 3.27. The van der Waals surface area contributed by atoms with E-state index >= 15 is 0 Å². The van der Waals surface area contributed by atoms with Crippen molar-refractivity contribution in [3.05, 3.63) is 73.0 Å². The van der Waals surface area contributed by atoms with Crippen LogP contribution in [0.5, 0.6) is 0 Å². The molecule has 0 fully saturated rings. The maximum atomic E-state index is 12.5. The molecule has 2 atom stereocenters. The zero-order valence-electron chi connectivity index (χ0n) is 22.8. The van der Waals surface area contributed by atoms with Crippen molar-refractivity contribution in [3.8, 4) is 22.4 Å². The molecule has 3 N–H and O–H groups in total. The molecule has 2 aromatic heterocycles. The molecule has 0 aliphatic carbocycles. The second-order valence-electron chi connectivity index (χ2n) is 11.6. The minimum atomic E-state index is -0.575. The van der Waals surface area contributed by atoms with Gasteiger partial charge in [0, 0.05) is 5.92 Å². The molecule has 37 heavy (non-hydrogen) atoms. The number of carbonyl (C=O) groups excluding carboxylic acids is 1. The van der Waals surface area contributed by atoms with Gasteiger partial charge in [-0.25, -0.2) is 14.8 Å². The highest BCUT2D eigenvalue weighted by atomic mass is 16.6. The number of alkyl carbamates (subject to hydrolysis) is 1. The summed E-state index contributed by atoms with van der Waals surface area (Å²) in [7, 11) is 0. The van der Waals surface area contributed by atoms with Crippen molar-refractivity contribution in [1.29, 1.82) is 0 Å². The summed E-state index contributed by atoms with van der Waals surface area (Å²) in [5, 5.41) is 3.00. The molecule has 7 heteroatoms. The van der Waals surface area contributed by atoms with Gasteiger partial charge in [-0.05, 0) is 55.0 Å². The predicted molar refractivity (Wildman–Crippen MR) is 149 cm³/mol. The average Bonchev–Trinajstić information content (AvgIpc) is 3.47. The van der Waals surface area contributed by atoms with E-state index in [4.69, 9.17) is 9.72 Å². The van der Waals surface area contributed by atoms with Crippen LogP contribution in [0.2, 0.25) is 0 Å². The molecule has 4 aromatic rings. The largest absolute Gasteiger partial charge is 0.444 e. The van der Waals surface area contributed by atoms with Gasteiger partial charge in [-0.3, -0.25) is 0 Å². The van der Waals surface area contributed by atoms with Crippen LogP contribution >= 0.6 is 0 Å². The van der Waals surface area contributed by atoms with Crippen molar-refractivity contribution in [2.24, 2.45) is 5.41 Å². The molecule has 194 valence electrons. The van der Waals surface area contributed by atoms with Gasteiger partial charge in [-0.1, -0.05) is 64.1 Å². The molecule has 0 bridgehead atoms. The highest BCUT2D eigenvalue weighted by Crippen LogP contribution is 2.34. The fourth-order valence-corrected chi connectivity index (χ4v) is 4.13. The van der Waals surface area contributed by atoms with Gasteiger partial charge < -0.3 is 20.0 Å². The first-order valence-electron chi connectivity index (χ1n) is 12.6. The topological polar surface area (TPSA) is 95.7 Å². The second kappa shape index (κ2) is 9.88. The molecular formula is C30H37N5O2. The van der Waals surface area contributed by atoms with Crippen LogP contribution in [0.15, 0.2) is 61.3 Å². The highest BCUT2D eigenvalue weighted by Gasteiger charge is 2.32. The predicted octanol–water partition coefficient (Wildman–Crippen LogP) is 7.52. The summed E-state index contributed by atoms with van der Waals surface area (Å²) in [6.45, 7) is 17.7. The van der Waals surface area contributed by atoms with Crippen LogP contribution in [0.3, 0.4) is 0 Å². The highest BCUT2D eigenvalue weighted by molar-refractivity contribution is 5.82. The molecular weight excluding hydrogens is 462 g/mol. The summed E-state index contributed by atoms with van der Waals surface area (Å²) in [6, 6.07) is 14.2. The Kier molecular flexibility index (Phi) is 7.00. The third-order valence-electron chi connectivity index (χ3n) is 6.21. The Morgan fingerprint density at radius 2 is 1.62 bits per heavy atom. The minimum absolute atomic E-state index is 0.177. The first kappa shape index (κ1) is 26.2. The zero-order chi connectivity index (χ0) is 27.0. The standard InChI is InChI=1S/C30H37N5O2/c1-9-18(2)26-31-17-24(34-26)20-12-10-19(11-13-20)21-14-15-22-23(16-21)33-27(32-22)25(29(3,4)5)35-28(36)37-30(6,7)8/h9-18,25H,1H2,2-8H3,(H,31,34)(H,32,33)(H,35,36)/t18-,25+/m0/s1. The lowest BCUT2D eigenvalue weighted by Crippen LogP contribution is -2.40. The number of amides is 1. The Hall–Kier alpha value is -3.87. The molecule has 7 nitrogen and oxygen atoms in total. The van der Waals surface area contributed by atoms with Crippen LogP contribution in [-0.4, -0.2) is 31.6 Å². The molecule has 0 spiro atoms. The molecule has 0 unspecified atom stereocenters. The number of benzene rings is 2. The fraction of sp³-hybridized carbons (Fsp3) is 0.367. The molecule has 2 heterocycles. The smallest absolute Gasteiger partial charge is 0.408 e. The summed E-state index contributed by atoms with van der Waals surface area (Å²) in [5.41, 5.74) is 5.13. The number of hydrogen-bond donors (Lipinski definition) is 3. The first-order chi connectivity index (χ1) is 17.3. The van der Waals surface area contributed by atoms with Crippen molar-refractivity contribution in [2.45, 2.75) is 66.0 Å². The number of aromatic amines is 2. The number of imidazole rings is 2. The van der Waals surface area contributed by atoms with Crippen LogP contribution < -0.4 is 5.32 Å². The zero-order valence-corrected chi connectivity index (χ0v) is 22.8. The lowest BCUT2D eigenvalue weighted by molar-refractivity contribution is 0.0458. The van der Waals surface area contributed by atoms with Crippen molar-refractivity contribution >= 4 is 17.1 Å². The van der Waals surface area contributed by atoms with Crippen LogP contribution in [0.4, 0.5) is 4.79 Å². The second-order valence-corrected chi connectivity index (χ2v) is 11.6. The fourth-order valence-electron chi connectivity index (χ4n) is 4.13. The van der Waals surface area contributed by atoms with Gasteiger partial charge in [0.15, 0.2) is 0 Å². The van der Waals surface area contributed by atoms with E-state index < -0.39 is 11.7 Å². The van der Waals surface area contributed by atoms with Gasteiger partial charge in [0.05, 0.1) is 29.0 Å². The van der Waals surface area contributed by atoms with E-state index in [1.54, 1.807) is 0 Å². The maximum Gasteiger partial charge on any atom is 0.408 e. The SMILES string of the molecule is C=C[C@H](C)c1ncc(-c2ccc(-c3ccc4nc([C@@H](NC(=O)OC(C)(C)C)C(C)(C)C)[nH]c4c3)cc2)[nH]1. The molecule has 0 aliphatic rings. The number of fused-ring (bicyclic) bond motifs is 1. The van der Waals surface area contributed by atoms with Crippen molar-refractivity contribution in [3.63, 3.8) is 0 Å². The van der Waals surface area contributed by atoms with E-state index in [9.17, 15) is 4.79 Å². The quantitative estimate of drug-likeness (QED) is 0.239. The Morgan fingerprint density at radius 1 is 0.973 bits per heavy atom. The minimum Gasteiger partial charge on any atom is -0.444 e. The Bertz CT molecular complexity index is 1400. The number of aromatic nitrogens is 4. The number of allylic oxidation sites excluding steroid dienone is 1. The molecule has 2 aromatic carbocycles. The van der Waals surface area contributed by atoms with Gasteiger partial charge in [0.1, 0.15) is 17.2 Å². The lowest BCUT2D eigenvalue weighted by atomic mass is 9.86. The number of carbonyl (C=O) groups is 1. The van der Waals surface area contributed by atoms with Crippen molar-refractivity contribution in [2.75, 3.05) is 0 Å².